The van der Waals surface area contributed by atoms with Crippen LogP contribution in [0.25, 0.3) is 0 Å². The lowest BCUT2D eigenvalue weighted by Gasteiger charge is -2.38. The fourth-order valence-electron chi connectivity index (χ4n) is 4.10. The van der Waals surface area contributed by atoms with Crippen molar-refractivity contribution in [1.82, 2.24) is 9.21 Å². The van der Waals surface area contributed by atoms with Crippen LogP contribution in [0.5, 0.6) is 0 Å². The Labute approximate surface area is 200 Å². The normalized spacial score (nSPS) is 17.3. The highest BCUT2D eigenvalue weighted by Crippen LogP contribution is 2.24. The van der Waals surface area contributed by atoms with E-state index in [1.807, 2.05) is 24.3 Å². The Morgan fingerprint density at radius 2 is 1.70 bits per heavy atom. The number of rotatable bonds is 10. The predicted octanol–water partition coefficient (Wildman–Crippen LogP) is 2.53. The van der Waals surface area contributed by atoms with Crippen molar-refractivity contribution in [2.45, 2.75) is 41.7 Å². The fourth-order valence-corrected chi connectivity index (χ4v) is 6.39. The van der Waals surface area contributed by atoms with E-state index in [4.69, 9.17) is 0 Å². The number of unbranched alkanes of at least 4 members (excludes halogenated alkanes) is 1. The maximum absolute atomic E-state index is 12.7. The van der Waals surface area contributed by atoms with E-state index in [-0.39, 0.29) is 4.90 Å². The number of para-hydroxylation sites is 1. The van der Waals surface area contributed by atoms with Crippen molar-refractivity contribution in [3.8, 4) is 0 Å². The monoisotopic (exact) mass is 493 g/mol. The highest BCUT2D eigenvalue weighted by Gasteiger charge is 2.24. The number of aryl methyl sites for hydroxylation is 1. The van der Waals surface area contributed by atoms with Crippen LogP contribution in [0.2, 0.25) is 0 Å². The van der Waals surface area contributed by atoms with Gasteiger partial charge in [-0.05, 0) is 55.5 Å². The number of benzene rings is 2. The number of aliphatic hydroxyl groups is 1. The Morgan fingerprint density at radius 1 is 1.03 bits per heavy atom. The van der Waals surface area contributed by atoms with Crippen molar-refractivity contribution in [3.05, 3.63) is 54.1 Å². The van der Waals surface area contributed by atoms with Gasteiger partial charge in [0.1, 0.15) is 6.23 Å². The van der Waals surface area contributed by atoms with Crippen molar-refractivity contribution in [2.75, 3.05) is 51.4 Å². The van der Waals surface area contributed by atoms with E-state index in [1.54, 1.807) is 12.1 Å². The average Bonchev–Trinajstić information content (AvgIpc) is 2.82. The number of hydrogen-bond donors (Lipinski definition) is 1. The second-order valence-corrected chi connectivity index (χ2v) is 12.1. The number of piperazine rings is 1. The molecule has 1 aliphatic rings. The van der Waals surface area contributed by atoms with Crippen LogP contribution in [0.1, 0.15) is 24.8 Å². The Hall–Kier alpha value is -1.78. The summed E-state index contributed by atoms with van der Waals surface area (Å²) < 4.78 is 38.5. The first-order valence-corrected chi connectivity index (χ1v) is 14.3. The van der Waals surface area contributed by atoms with Crippen LogP contribution in [-0.2, 0) is 27.2 Å². The lowest BCUT2D eigenvalue weighted by molar-refractivity contribution is -0.00702. The molecule has 0 spiro atoms. The van der Waals surface area contributed by atoms with E-state index in [9.17, 15) is 17.7 Å². The molecule has 1 aliphatic heterocycles. The summed E-state index contributed by atoms with van der Waals surface area (Å²) in [6.45, 7) is 3.46. The minimum Gasteiger partial charge on any atom is -0.378 e. The maximum atomic E-state index is 12.7. The molecule has 0 radical (unpaired) electrons. The summed E-state index contributed by atoms with van der Waals surface area (Å²) in [7, 11) is -2.10. The molecule has 0 aromatic heterocycles. The van der Waals surface area contributed by atoms with E-state index < -0.39 is 27.1 Å². The predicted molar refractivity (Wildman–Crippen MR) is 133 cm³/mol. The molecule has 182 valence electrons. The van der Waals surface area contributed by atoms with Crippen molar-refractivity contribution < 1.29 is 17.7 Å². The van der Waals surface area contributed by atoms with Gasteiger partial charge in [-0.1, -0.05) is 24.3 Å². The standard InChI is InChI=1S/C24H35N3O4S2/c1-25(2)33(30,31)23-19-20(13-14-22(23)32(3)29)9-7-8-12-24(28)27-17-15-26(16-18-27)21-10-5-4-6-11-21/h4-6,10-11,13-14,19,24,28H,7-9,12,15-18H2,1-3H3. The topological polar surface area (TPSA) is 81.2 Å². The van der Waals surface area contributed by atoms with Gasteiger partial charge in [0.2, 0.25) is 10.0 Å². The zero-order valence-electron chi connectivity index (χ0n) is 19.7. The first kappa shape index (κ1) is 25.8. The second kappa shape index (κ2) is 11.6. The summed E-state index contributed by atoms with van der Waals surface area (Å²) >= 11 is 0. The highest BCUT2D eigenvalue weighted by atomic mass is 32.2. The van der Waals surface area contributed by atoms with E-state index in [0.29, 0.717) is 17.7 Å². The summed E-state index contributed by atoms with van der Waals surface area (Å²) in [4.78, 5) is 4.92. The smallest absolute Gasteiger partial charge is 0.243 e. The van der Waals surface area contributed by atoms with Crippen LogP contribution in [-0.4, -0.2) is 79.7 Å². The summed E-state index contributed by atoms with van der Waals surface area (Å²) in [6, 6.07) is 15.5. The maximum Gasteiger partial charge on any atom is 0.243 e. The van der Waals surface area contributed by atoms with Crippen molar-refractivity contribution in [2.24, 2.45) is 0 Å². The minimum atomic E-state index is -3.67. The van der Waals surface area contributed by atoms with Gasteiger partial charge in [0.15, 0.2) is 0 Å². The van der Waals surface area contributed by atoms with Gasteiger partial charge in [0.05, 0.1) is 20.6 Å². The molecule has 1 fully saturated rings. The molecular weight excluding hydrogens is 458 g/mol. The van der Waals surface area contributed by atoms with Gasteiger partial charge in [-0.25, -0.2) is 12.7 Å². The van der Waals surface area contributed by atoms with Crippen LogP contribution in [0, 0.1) is 0 Å². The van der Waals surface area contributed by atoms with Gasteiger partial charge in [0.25, 0.3) is 0 Å². The molecule has 0 aliphatic carbocycles. The summed E-state index contributed by atoms with van der Waals surface area (Å²) in [6.07, 6.45) is 4.11. The van der Waals surface area contributed by atoms with Gasteiger partial charge >= 0.3 is 0 Å². The molecule has 1 N–H and O–H groups in total. The third-order valence-corrected chi connectivity index (χ3v) is 9.07. The summed E-state index contributed by atoms with van der Waals surface area (Å²) in [5.41, 5.74) is 2.12. The molecule has 33 heavy (non-hydrogen) atoms. The molecule has 9 heteroatoms. The van der Waals surface area contributed by atoms with Crippen LogP contribution < -0.4 is 4.90 Å². The number of sulfonamides is 1. The molecule has 0 saturated carbocycles. The number of anilines is 1. The molecule has 2 aromatic rings. The van der Waals surface area contributed by atoms with Crippen LogP contribution in [0.4, 0.5) is 5.69 Å². The summed E-state index contributed by atoms with van der Waals surface area (Å²) in [5.74, 6) is 0. The van der Waals surface area contributed by atoms with Crippen LogP contribution >= 0.6 is 0 Å². The largest absolute Gasteiger partial charge is 0.378 e. The lowest BCUT2D eigenvalue weighted by Crippen LogP contribution is -2.50. The zero-order chi connectivity index (χ0) is 24.0. The van der Waals surface area contributed by atoms with Gasteiger partial charge < -0.3 is 10.0 Å². The lowest BCUT2D eigenvalue weighted by atomic mass is 10.1. The van der Waals surface area contributed by atoms with E-state index in [1.165, 1.54) is 26.0 Å². The minimum absolute atomic E-state index is 0.113. The van der Waals surface area contributed by atoms with Gasteiger partial charge in [0, 0.05) is 52.2 Å². The highest BCUT2D eigenvalue weighted by molar-refractivity contribution is 7.90. The zero-order valence-corrected chi connectivity index (χ0v) is 21.3. The van der Waals surface area contributed by atoms with Gasteiger partial charge in [-0.2, -0.15) is 0 Å². The molecule has 2 unspecified atom stereocenters. The van der Waals surface area contributed by atoms with Crippen LogP contribution in [0.3, 0.4) is 0 Å². The van der Waals surface area contributed by atoms with E-state index >= 15 is 0 Å². The molecule has 1 heterocycles. The molecule has 1 saturated heterocycles. The Morgan fingerprint density at radius 3 is 2.30 bits per heavy atom. The fraction of sp³-hybridized carbons (Fsp3) is 0.500. The van der Waals surface area contributed by atoms with E-state index in [2.05, 4.69) is 21.9 Å². The molecule has 3 rings (SSSR count). The van der Waals surface area contributed by atoms with Crippen molar-refractivity contribution in [3.63, 3.8) is 0 Å². The van der Waals surface area contributed by atoms with E-state index in [0.717, 1.165) is 48.9 Å². The molecule has 0 amide bonds. The van der Waals surface area contributed by atoms with Crippen molar-refractivity contribution in [1.29, 1.82) is 0 Å². The first-order chi connectivity index (χ1) is 15.7. The third-order valence-electron chi connectivity index (χ3n) is 6.11. The van der Waals surface area contributed by atoms with Crippen molar-refractivity contribution >= 4 is 26.5 Å². The number of nitrogens with zero attached hydrogens (tertiary/aromatic N) is 3. The Balaban J connectivity index is 1.49. The Kier molecular flexibility index (Phi) is 9.06. The molecule has 7 nitrogen and oxygen atoms in total. The molecule has 2 atom stereocenters. The molecule has 2 aromatic carbocycles. The second-order valence-electron chi connectivity index (χ2n) is 8.61. The number of hydrogen-bond acceptors (Lipinski definition) is 6. The van der Waals surface area contributed by atoms with Gasteiger partial charge in [-0.3, -0.25) is 9.11 Å². The van der Waals surface area contributed by atoms with Crippen LogP contribution in [0.15, 0.2) is 58.3 Å². The quantitative estimate of drug-likeness (QED) is 0.513. The van der Waals surface area contributed by atoms with Gasteiger partial charge in [-0.15, -0.1) is 0 Å². The first-order valence-electron chi connectivity index (χ1n) is 11.3. The third kappa shape index (κ3) is 6.64. The Bertz CT molecular complexity index is 1040. The SMILES string of the molecule is CN(C)S(=O)(=O)c1cc(CCCCC(O)N2CCN(c3ccccc3)CC2)ccc1S(C)=O. The molecular formula is C24H35N3O4S2. The average molecular weight is 494 g/mol. The number of aliphatic hydroxyl groups excluding tert-OH is 1. The molecule has 0 bridgehead atoms. The summed E-state index contributed by atoms with van der Waals surface area (Å²) in [5, 5.41) is 10.6.